The van der Waals surface area contributed by atoms with E-state index in [2.05, 4.69) is 58.9 Å². The summed E-state index contributed by atoms with van der Waals surface area (Å²) in [6, 6.07) is 0. The minimum absolute atomic E-state index is 0.620. The van der Waals surface area contributed by atoms with Crippen LogP contribution in [-0.2, 0) is 0 Å². The Morgan fingerprint density at radius 3 is 2.17 bits per heavy atom. The van der Waals surface area contributed by atoms with Gasteiger partial charge in [-0.15, -0.1) is 0 Å². The molecule has 0 aromatic carbocycles. The summed E-state index contributed by atoms with van der Waals surface area (Å²) in [5.74, 6) is 0.620. The lowest BCUT2D eigenvalue weighted by atomic mass is 9.98. The van der Waals surface area contributed by atoms with Gasteiger partial charge in [0.15, 0.2) is 0 Å². The van der Waals surface area contributed by atoms with E-state index < -0.39 is 0 Å². The summed E-state index contributed by atoms with van der Waals surface area (Å²) in [6.07, 6.45) is 11.8. The van der Waals surface area contributed by atoms with Crippen LogP contribution in [0.5, 0.6) is 0 Å². The highest BCUT2D eigenvalue weighted by molar-refractivity contribution is 5.61. The summed E-state index contributed by atoms with van der Waals surface area (Å²) in [7, 11) is 0. The first-order chi connectivity index (χ1) is 8.54. The minimum atomic E-state index is 0.620. The van der Waals surface area contributed by atoms with Gasteiger partial charge in [-0.05, 0) is 81.2 Å². The molecule has 0 N–H and O–H groups in total. The first-order valence-corrected chi connectivity index (χ1v) is 6.96. The Kier molecular flexibility index (Phi) is 3.75. The molecule has 0 heterocycles. The fourth-order valence-corrected chi connectivity index (χ4v) is 2.97. The normalized spacial score (nSPS) is 24.6. The van der Waals surface area contributed by atoms with E-state index in [0.29, 0.717) is 5.92 Å². The molecule has 2 aliphatic carbocycles. The van der Waals surface area contributed by atoms with Crippen molar-refractivity contribution in [2.75, 3.05) is 0 Å². The third kappa shape index (κ3) is 2.29. The van der Waals surface area contributed by atoms with Crippen LogP contribution in [0.15, 0.2) is 57.7 Å². The second-order valence-electron chi connectivity index (χ2n) is 5.52. The zero-order valence-corrected chi connectivity index (χ0v) is 12.3. The fraction of sp³-hybridized carbons (Fsp3) is 0.444. The summed E-state index contributed by atoms with van der Waals surface area (Å²) < 4.78 is 0. The molecule has 0 spiro atoms. The zero-order chi connectivity index (χ0) is 13.3. The van der Waals surface area contributed by atoms with Gasteiger partial charge in [0.25, 0.3) is 0 Å². The molecule has 1 unspecified atom stereocenters. The van der Waals surface area contributed by atoms with Gasteiger partial charge >= 0.3 is 0 Å². The maximum absolute atomic E-state index is 2.47. The molecule has 96 valence electrons. The standard InChI is InChI=1S/C18H24/c1-6-7-16-8-9-17(10-16)11-18-14(4)12(2)13(3)15(18)5/h6-7,10-11,17H,8-9H2,1-5H3/b7-6-. The van der Waals surface area contributed by atoms with Crippen LogP contribution in [0.4, 0.5) is 0 Å². The predicted octanol–water partition coefficient (Wildman–Crippen LogP) is 5.51. The molecule has 0 aromatic rings. The minimum Gasteiger partial charge on any atom is -0.0874 e. The van der Waals surface area contributed by atoms with Crippen molar-refractivity contribution in [2.45, 2.75) is 47.5 Å². The summed E-state index contributed by atoms with van der Waals surface area (Å²) in [6.45, 7) is 11.1. The molecule has 1 atom stereocenters. The van der Waals surface area contributed by atoms with E-state index in [1.54, 1.807) is 0 Å². The van der Waals surface area contributed by atoms with Crippen molar-refractivity contribution in [1.82, 2.24) is 0 Å². The zero-order valence-electron chi connectivity index (χ0n) is 12.3. The lowest BCUT2D eigenvalue weighted by Crippen LogP contribution is -1.91. The van der Waals surface area contributed by atoms with Crippen molar-refractivity contribution in [2.24, 2.45) is 5.92 Å². The highest BCUT2D eigenvalue weighted by Gasteiger charge is 2.20. The number of hydrogen-bond acceptors (Lipinski definition) is 0. The quantitative estimate of drug-likeness (QED) is 0.597. The van der Waals surface area contributed by atoms with Gasteiger partial charge in [-0.25, -0.2) is 0 Å². The first-order valence-electron chi connectivity index (χ1n) is 6.96. The maximum Gasteiger partial charge on any atom is -0.00353 e. The Bertz CT molecular complexity index is 478. The second-order valence-corrected chi connectivity index (χ2v) is 5.52. The molecule has 0 nitrogen and oxygen atoms in total. The topological polar surface area (TPSA) is 0 Å². The Morgan fingerprint density at radius 2 is 1.61 bits per heavy atom. The van der Waals surface area contributed by atoms with Crippen LogP contribution in [0.2, 0.25) is 0 Å². The third-order valence-corrected chi connectivity index (χ3v) is 4.45. The fourth-order valence-electron chi connectivity index (χ4n) is 2.97. The number of rotatable bonds is 2. The van der Waals surface area contributed by atoms with E-state index in [0.717, 1.165) is 0 Å². The van der Waals surface area contributed by atoms with Crippen molar-refractivity contribution in [3.05, 3.63) is 57.7 Å². The molecule has 0 heteroatoms. The molecule has 0 radical (unpaired) electrons. The lowest BCUT2D eigenvalue weighted by Gasteiger charge is -2.07. The van der Waals surface area contributed by atoms with Gasteiger partial charge in [0.2, 0.25) is 0 Å². The van der Waals surface area contributed by atoms with Crippen LogP contribution >= 0.6 is 0 Å². The monoisotopic (exact) mass is 240 g/mol. The Hall–Kier alpha value is -1.30. The molecule has 2 rings (SSSR count). The lowest BCUT2D eigenvalue weighted by molar-refractivity contribution is 0.764. The average molecular weight is 240 g/mol. The van der Waals surface area contributed by atoms with Gasteiger partial charge in [-0.2, -0.15) is 0 Å². The van der Waals surface area contributed by atoms with Crippen molar-refractivity contribution < 1.29 is 0 Å². The average Bonchev–Trinajstić information content (AvgIpc) is 2.86. The van der Waals surface area contributed by atoms with Crippen LogP contribution in [0.25, 0.3) is 0 Å². The van der Waals surface area contributed by atoms with Crippen molar-refractivity contribution in [3.8, 4) is 0 Å². The number of allylic oxidation sites excluding steroid dienone is 10. The maximum atomic E-state index is 2.47. The van der Waals surface area contributed by atoms with Gasteiger partial charge in [0, 0.05) is 0 Å². The Balaban J connectivity index is 2.27. The van der Waals surface area contributed by atoms with Crippen molar-refractivity contribution >= 4 is 0 Å². The largest absolute Gasteiger partial charge is 0.0874 e. The van der Waals surface area contributed by atoms with E-state index in [1.165, 1.54) is 46.3 Å². The molecule has 0 amide bonds. The molecule has 0 saturated heterocycles. The molecule has 0 aromatic heterocycles. The van der Waals surface area contributed by atoms with Crippen molar-refractivity contribution in [3.63, 3.8) is 0 Å². The third-order valence-electron chi connectivity index (χ3n) is 4.45. The molecule has 2 aliphatic rings. The van der Waals surface area contributed by atoms with E-state index >= 15 is 0 Å². The molecule has 0 aliphatic heterocycles. The van der Waals surface area contributed by atoms with Crippen LogP contribution in [-0.4, -0.2) is 0 Å². The van der Waals surface area contributed by atoms with Crippen LogP contribution in [0.1, 0.15) is 47.5 Å². The van der Waals surface area contributed by atoms with E-state index in [4.69, 9.17) is 0 Å². The van der Waals surface area contributed by atoms with Crippen LogP contribution in [0, 0.1) is 5.92 Å². The van der Waals surface area contributed by atoms with E-state index in [-0.39, 0.29) is 0 Å². The Labute approximate surface area is 111 Å². The highest BCUT2D eigenvalue weighted by Crippen LogP contribution is 2.38. The van der Waals surface area contributed by atoms with Gasteiger partial charge in [0.1, 0.15) is 0 Å². The SMILES string of the molecule is C/C=C\C1=CC(C=C2C(C)=C(C)C(C)=C2C)CC1. The van der Waals surface area contributed by atoms with E-state index in [1.807, 2.05) is 0 Å². The summed E-state index contributed by atoms with van der Waals surface area (Å²) in [5.41, 5.74) is 8.85. The highest BCUT2D eigenvalue weighted by atomic mass is 14.2. The van der Waals surface area contributed by atoms with Gasteiger partial charge in [-0.3, -0.25) is 0 Å². The summed E-state index contributed by atoms with van der Waals surface area (Å²) >= 11 is 0. The van der Waals surface area contributed by atoms with E-state index in [9.17, 15) is 0 Å². The van der Waals surface area contributed by atoms with Gasteiger partial charge in [0.05, 0.1) is 0 Å². The molecule has 18 heavy (non-hydrogen) atoms. The van der Waals surface area contributed by atoms with Crippen LogP contribution in [0.3, 0.4) is 0 Å². The predicted molar refractivity (Wildman–Crippen MR) is 80.5 cm³/mol. The smallest absolute Gasteiger partial charge is 0.00353 e. The van der Waals surface area contributed by atoms with Gasteiger partial charge < -0.3 is 0 Å². The van der Waals surface area contributed by atoms with Gasteiger partial charge in [-0.1, -0.05) is 29.9 Å². The molecule has 0 fully saturated rings. The molecular weight excluding hydrogens is 216 g/mol. The summed E-state index contributed by atoms with van der Waals surface area (Å²) in [5, 5.41) is 0. The second kappa shape index (κ2) is 5.14. The molecule has 0 bridgehead atoms. The molecule has 0 saturated carbocycles. The molecular formula is C18H24. The first kappa shape index (κ1) is 13.1. The summed E-state index contributed by atoms with van der Waals surface area (Å²) in [4.78, 5) is 0. The van der Waals surface area contributed by atoms with Crippen molar-refractivity contribution in [1.29, 1.82) is 0 Å². The Morgan fingerprint density at radius 1 is 1.00 bits per heavy atom. The number of hydrogen-bond donors (Lipinski definition) is 0. The van der Waals surface area contributed by atoms with Crippen LogP contribution < -0.4 is 0 Å².